The smallest absolute Gasteiger partial charge is 0.407 e. The summed E-state index contributed by atoms with van der Waals surface area (Å²) in [5.74, 6) is 0.907. The molecule has 4 heterocycles. The quantitative estimate of drug-likeness (QED) is 0.429. The Balaban J connectivity index is 1.49. The lowest BCUT2D eigenvalue weighted by atomic mass is 10.1. The van der Waals surface area contributed by atoms with Gasteiger partial charge in [0.2, 0.25) is 0 Å². The summed E-state index contributed by atoms with van der Waals surface area (Å²) in [5, 5.41) is 10.6. The molecule has 174 valence electrons. The van der Waals surface area contributed by atoms with E-state index in [0.717, 1.165) is 29.7 Å². The van der Waals surface area contributed by atoms with E-state index in [1.807, 2.05) is 47.2 Å². The van der Waals surface area contributed by atoms with Gasteiger partial charge in [0.15, 0.2) is 0 Å². The lowest BCUT2D eigenvalue weighted by molar-refractivity contribution is 0.122. The predicted octanol–water partition coefficient (Wildman–Crippen LogP) is 4.62. The predicted molar refractivity (Wildman–Crippen MR) is 129 cm³/mol. The van der Waals surface area contributed by atoms with Crippen molar-refractivity contribution >= 4 is 34.5 Å². The summed E-state index contributed by atoms with van der Waals surface area (Å²) in [6.45, 7) is 1.23. The molecule has 0 aliphatic carbocycles. The molecule has 1 amide bonds. The molecule has 1 aliphatic heterocycles. The highest BCUT2D eigenvalue weighted by atomic mass is 35.5. The molecule has 0 spiro atoms. The lowest BCUT2D eigenvalue weighted by Crippen LogP contribution is -2.39. The Bertz CT molecular complexity index is 1340. The second kappa shape index (κ2) is 9.18. The van der Waals surface area contributed by atoms with E-state index in [-0.39, 0.29) is 6.04 Å². The number of nitrogen functional groups attached to an aromatic ring is 1. The zero-order valence-corrected chi connectivity index (χ0v) is 19.0. The van der Waals surface area contributed by atoms with Crippen molar-refractivity contribution in [1.29, 1.82) is 0 Å². The monoisotopic (exact) mass is 478 g/mol. The number of fused-ring (bicyclic) bond motifs is 1. The maximum Gasteiger partial charge on any atom is 0.407 e. The summed E-state index contributed by atoms with van der Waals surface area (Å²) in [6.07, 6.45) is 5.82. The topological polar surface area (TPSA) is 119 Å². The van der Waals surface area contributed by atoms with Gasteiger partial charge in [0.1, 0.15) is 30.1 Å². The van der Waals surface area contributed by atoms with Crippen LogP contribution in [0.1, 0.15) is 24.6 Å². The first-order valence-electron chi connectivity index (χ1n) is 10.9. The van der Waals surface area contributed by atoms with Crippen LogP contribution in [0.15, 0.2) is 55.1 Å². The van der Waals surface area contributed by atoms with Crippen LogP contribution in [0.4, 0.5) is 10.6 Å². The fraction of sp³-hybridized carbons (Fsp3) is 0.250. The first-order chi connectivity index (χ1) is 16.5. The van der Waals surface area contributed by atoms with Gasteiger partial charge in [0.25, 0.3) is 0 Å². The van der Waals surface area contributed by atoms with Gasteiger partial charge in [-0.25, -0.2) is 14.8 Å². The van der Waals surface area contributed by atoms with Gasteiger partial charge < -0.3 is 25.0 Å². The number of pyridine rings is 1. The zero-order chi connectivity index (χ0) is 23.7. The Labute approximate surface area is 200 Å². The van der Waals surface area contributed by atoms with Crippen molar-refractivity contribution in [1.82, 2.24) is 24.4 Å². The Morgan fingerprint density at radius 3 is 2.88 bits per heavy atom. The van der Waals surface area contributed by atoms with E-state index in [4.69, 9.17) is 22.1 Å². The average molecular weight is 479 g/mol. The number of nitrogens with two attached hydrogens (primary N) is 1. The average Bonchev–Trinajstić information content (AvgIpc) is 3.25. The SMILES string of the molecule is Nc1ncnc2c1c(-c1ccc(OCc3ccccn3)c(Cl)c1)cn2C1CCCN(C(=O)O)C1. The first-order valence-corrected chi connectivity index (χ1v) is 11.3. The number of piperidine rings is 1. The molecule has 1 fully saturated rings. The van der Waals surface area contributed by atoms with E-state index >= 15 is 0 Å². The van der Waals surface area contributed by atoms with Crippen LogP contribution in [0, 0.1) is 0 Å². The second-order valence-corrected chi connectivity index (χ2v) is 8.59. The molecule has 3 N–H and O–H groups in total. The van der Waals surface area contributed by atoms with Crippen molar-refractivity contribution < 1.29 is 14.6 Å². The summed E-state index contributed by atoms with van der Waals surface area (Å²) in [6, 6.07) is 11.1. The minimum atomic E-state index is -0.913. The molecule has 1 aliphatic rings. The van der Waals surface area contributed by atoms with E-state index in [9.17, 15) is 9.90 Å². The van der Waals surface area contributed by atoms with Crippen molar-refractivity contribution in [3.63, 3.8) is 0 Å². The lowest BCUT2D eigenvalue weighted by Gasteiger charge is -2.31. The third-order valence-corrected chi connectivity index (χ3v) is 6.34. The number of carbonyl (C=O) groups is 1. The molecular formula is C24H23ClN6O3. The van der Waals surface area contributed by atoms with Crippen LogP contribution in [0.25, 0.3) is 22.2 Å². The van der Waals surface area contributed by atoms with Gasteiger partial charge in [-0.2, -0.15) is 0 Å². The van der Waals surface area contributed by atoms with Gasteiger partial charge in [-0.1, -0.05) is 23.7 Å². The molecule has 1 saturated heterocycles. The molecule has 0 saturated carbocycles. The third kappa shape index (κ3) is 4.22. The van der Waals surface area contributed by atoms with Crippen LogP contribution in [0.5, 0.6) is 5.75 Å². The maximum atomic E-state index is 11.5. The number of anilines is 1. The maximum absolute atomic E-state index is 11.5. The van der Waals surface area contributed by atoms with Crippen LogP contribution in [-0.2, 0) is 6.61 Å². The van der Waals surface area contributed by atoms with E-state index in [2.05, 4.69) is 15.0 Å². The molecule has 1 aromatic carbocycles. The molecule has 0 bridgehead atoms. The number of aromatic nitrogens is 4. The number of halogens is 1. The fourth-order valence-electron chi connectivity index (χ4n) is 4.38. The van der Waals surface area contributed by atoms with E-state index in [1.54, 1.807) is 6.20 Å². The first kappa shape index (κ1) is 22.0. The highest BCUT2D eigenvalue weighted by Crippen LogP contribution is 2.38. The molecule has 9 nitrogen and oxygen atoms in total. The van der Waals surface area contributed by atoms with Gasteiger partial charge in [0.05, 0.1) is 22.1 Å². The number of carboxylic acid groups (broad SMARTS) is 1. The van der Waals surface area contributed by atoms with E-state index < -0.39 is 6.09 Å². The van der Waals surface area contributed by atoms with Crippen LogP contribution >= 0.6 is 11.6 Å². The van der Waals surface area contributed by atoms with Gasteiger partial charge >= 0.3 is 6.09 Å². The molecule has 0 radical (unpaired) electrons. The number of amides is 1. The second-order valence-electron chi connectivity index (χ2n) is 8.19. The third-order valence-electron chi connectivity index (χ3n) is 6.04. The zero-order valence-electron chi connectivity index (χ0n) is 18.3. The fourth-order valence-corrected chi connectivity index (χ4v) is 4.62. The Morgan fingerprint density at radius 2 is 2.12 bits per heavy atom. The summed E-state index contributed by atoms with van der Waals surface area (Å²) in [5.41, 5.74) is 9.41. The molecule has 1 unspecified atom stereocenters. The molecule has 4 aromatic rings. The van der Waals surface area contributed by atoms with Gasteiger partial charge in [0, 0.05) is 31.0 Å². The standard InChI is InChI=1S/C24H23ClN6O3/c25-19-10-15(6-7-20(19)34-13-16-4-1-2-8-27-16)18-12-31(23-21(18)22(26)28-14-29-23)17-5-3-9-30(11-17)24(32)33/h1-2,4,6-8,10,12,14,17H,3,5,9,11,13H2,(H,32,33)(H2,26,28,29). The van der Waals surface area contributed by atoms with E-state index in [1.165, 1.54) is 11.2 Å². The van der Waals surface area contributed by atoms with Crippen molar-refractivity contribution in [2.24, 2.45) is 0 Å². The number of rotatable bonds is 5. The van der Waals surface area contributed by atoms with Crippen molar-refractivity contribution in [2.45, 2.75) is 25.5 Å². The van der Waals surface area contributed by atoms with Crippen LogP contribution in [0.2, 0.25) is 5.02 Å². The largest absolute Gasteiger partial charge is 0.486 e. The van der Waals surface area contributed by atoms with Gasteiger partial charge in [-0.3, -0.25) is 4.98 Å². The van der Waals surface area contributed by atoms with E-state index in [0.29, 0.717) is 47.3 Å². The van der Waals surface area contributed by atoms with Crippen molar-refractivity contribution in [2.75, 3.05) is 18.8 Å². The molecule has 10 heteroatoms. The molecule has 1 atom stereocenters. The number of nitrogens with zero attached hydrogens (tertiary/aromatic N) is 5. The Hall–Kier alpha value is -3.85. The highest BCUT2D eigenvalue weighted by Gasteiger charge is 2.27. The van der Waals surface area contributed by atoms with Gasteiger partial charge in [-0.05, 0) is 42.7 Å². The van der Waals surface area contributed by atoms with Crippen LogP contribution in [0.3, 0.4) is 0 Å². The highest BCUT2D eigenvalue weighted by molar-refractivity contribution is 6.32. The summed E-state index contributed by atoms with van der Waals surface area (Å²) in [7, 11) is 0. The van der Waals surface area contributed by atoms with Crippen LogP contribution in [-0.4, -0.2) is 48.7 Å². The number of hydrogen-bond donors (Lipinski definition) is 2. The van der Waals surface area contributed by atoms with Crippen LogP contribution < -0.4 is 10.5 Å². The molecule has 5 rings (SSSR count). The van der Waals surface area contributed by atoms with Crippen molar-refractivity contribution in [3.05, 3.63) is 65.8 Å². The number of ether oxygens (including phenoxy) is 1. The normalized spacial score (nSPS) is 16.0. The molecule has 3 aromatic heterocycles. The summed E-state index contributed by atoms with van der Waals surface area (Å²) < 4.78 is 7.86. The molecule has 34 heavy (non-hydrogen) atoms. The number of benzene rings is 1. The van der Waals surface area contributed by atoms with Gasteiger partial charge in [-0.15, -0.1) is 0 Å². The Kier molecular flexibility index (Phi) is 5.93. The number of hydrogen-bond acceptors (Lipinski definition) is 6. The number of likely N-dealkylation sites (tertiary alicyclic amines) is 1. The Morgan fingerprint density at radius 1 is 1.24 bits per heavy atom. The van der Waals surface area contributed by atoms with Crippen molar-refractivity contribution in [3.8, 4) is 16.9 Å². The molecular weight excluding hydrogens is 456 g/mol. The summed E-state index contributed by atoms with van der Waals surface area (Å²) >= 11 is 6.56. The minimum Gasteiger partial charge on any atom is -0.486 e. The minimum absolute atomic E-state index is 0.0492. The summed E-state index contributed by atoms with van der Waals surface area (Å²) in [4.78, 5) is 25.9.